The van der Waals surface area contributed by atoms with E-state index in [1.165, 1.54) is 38.0 Å². The summed E-state index contributed by atoms with van der Waals surface area (Å²) in [5, 5.41) is 12.7. The first-order valence-corrected chi connectivity index (χ1v) is 10.4. The van der Waals surface area contributed by atoms with Crippen molar-refractivity contribution >= 4 is 39.6 Å². The van der Waals surface area contributed by atoms with E-state index in [2.05, 4.69) is 11.4 Å². The molecule has 0 aliphatic heterocycles. The Labute approximate surface area is 159 Å². The van der Waals surface area contributed by atoms with E-state index in [0.29, 0.717) is 15.4 Å². The van der Waals surface area contributed by atoms with Crippen LogP contribution < -0.4 is 5.32 Å². The molecule has 2 aliphatic rings. The lowest BCUT2D eigenvalue weighted by molar-refractivity contribution is -0.119. The van der Waals surface area contributed by atoms with Crippen LogP contribution in [0.15, 0.2) is 6.07 Å². The number of nitrogens with zero attached hydrogens (tertiary/aromatic N) is 1. The second kappa shape index (κ2) is 7.22. The third kappa shape index (κ3) is 3.27. The van der Waals surface area contributed by atoms with E-state index in [-0.39, 0.29) is 6.61 Å². The molecule has 0 saturated carbocycles. The molecule has 1 N–H and O–H groups in total. The summed E-state index contributed by atoms with van der Waals surface area (Å²) < 4.78 is 5.16. The van der Waals surface area contributed by atoms with Crippen LogP contribution in [-0.4, -0.2) is 18.5 Å². The summed E-state index contributed by atoms with van der Waals surface area (Å²) >= 11 is 2.93. The van der Waals surface area contributed by atoms with Crippen LogP contribution in [0.4, 0.5) is 5.00 Å². The van der Waals surface area contributed by atoms with Crippen molar-refractivity contribution in [1.82, 2.24) is 0 Å². The van der Waals surface area contributed by atoms with E-state index in [4.69, 9.17) is 4.74 Å². The highest BCUT2D eigenvalue weighted by Gasteiger charge is 2.23. The van der Waals surface area contributed by atoms with Crippen molar-refractivity contribution in [2.75, 3.05) is 11.9 Å². The number of hydrogen-bond donors (Lipinski definition) is 1. The van der Waals surface area contributed by atoms with Gasteiger partial charge in [-0.05, 0) is 62.1 Å². The van der Waals surface area contributed by atoms with Gasteiger partial charge in [-0.25, -0.2) is 4.79 Å². The Morgan fingerprint density at radius 1 is 1.12 bits per heavy atom. The van der Waals surface area contributed by atoms with Gasteiger partial charge < -0.3 is 10.1 Å². The van der Waals surface area contributed by atoms with Crippen molar-refractivity contribution in [3.63, 3.8) is 0 Å². The fourth-order valence-electron chi connectivity index (χ4n) is 3.57. The minimum Gasteiger partial charge on any atom is -0.451 e. The van der Waals surface area contributed by atoms with Gasteiger partial charge in [-0.15, -0.1) is 22.7 Å². The summed E-state index contributed by atoms with van der Waals surface area (Å²) in [6.07, 6.45) is 7.23. The normalized spacial score (nSPS) is 15.0. The van der Waals surface area contributed by atoms with Crippen molar-refractivity contribution in [2.24, 2.45) is 0 Å². The van der Waals surface area contributed by atoms with Gasteiger partial charge in [0.1, 0.15) is 15.9 Å². The van der Waals surface area contributed by atoms with Gasteiger partial charge in [-0.2, -0.15) is 5.26 Å². The predicted octanol–water partition coefficient (Wildman–Crippen LogP) is 3.84. The van der Waals surface area contributed by atoms with Crippen molar-refractivity contribution in [1.29, 1.82) is 5.26 Å². The number of nitrogens with one attached hydrogen (secondary N) is 1. The molecule has 2 aromatic rings. The number of anilines is 1. The molecule has 2 aliphatic carbocycles. The Morgan fingerprint density at radius 2 is 1.92 bits per heavy atom. The van der Waals surface area contributed by atoms with E-state index in [1.807, 2.05) is 6.07 Å². The highest BCUT2D eigenvalue weighted by atomic mass is 32.1. The smallest absolute Gasteiger partial charge is 0.348 e. The number of fused-ring (bicyclic) bond motifs is 2. The van der Waals surface area contributed by atoms with Gasteiger partial charge in [0.15, 0.2) is 6.61 Å². The molecule has 4 rings (SSSR count). The number of rotatable bonds is 4. The zero-order valence-electron chi connectivity index (χ0n) is 14.2. The van der Waals surface area contributed by atoms with Crippen LogP contribution in [0.5, 0.6) is 0 Å². The van der Waals surface area contributed by atoms with Crippen LogP contribution in [0.1, 0.15) is 55.4 Å². The molecule has 0 unspecified atom stereocenters. The summed E-state index contributed by atoms with van der Waals surface area (Å²) in [6.45, 7) is -0.338. The molecule has 2 heterocycles. The fraction of sp³-hybridized carbons (Fsp3) is 0.421. The molecular weight excluding hydrogens is 368 g/mol. The van der Waals surface area contributed by atoms with Gasteiger partial charge in [-0.1, -0.05) is 0 Å². The van der Waals surface area contributed by atoms with Gasteiger partial charge in [0.05, 0.1) is 5.56 Å². The van der Waals surface area contributed by atoms with E-state index in [0.717, 1.165) is 50.5 Å². The van der Waals surface area contributed by atoms with Crippen LogP contribution in [-0.2, 0) is 35.2 Å². The van der Waals surface area contributed by atoms with Crippen LogP contribution in [0.25, 0.3) is 0 Å². The number of ether oxygens (including phenoxy) is 1. The van der Waals surface area contributed by atoms with Crippen molar-refractivity contribution in [3.8, 4) is 6.07 Å². The Bertz CT molecular complexity index is 899. The topological polar surface area (TPSA) is 79.2 Å². The minimum absolute atomic E-state index is 0.338. The third-order valence-corrected chi connectivity index (χ3v) is 7.24. The molecule has 0 aromatic carbocycles. The maximum Gasteiger partial charge on any atom is 0.348 e. The van der Waals surface area contributed by atoms with Crippen LogP contribution in [0, 0.1) is 11.3 Å². The Hall–Kier alpha value is -2.17. The zero-order chi connectivity index (χ0) is 18.1. The number of hydrogen-bond acceptors (Lipinski definition) is 6. The highest BCUT2D eigenvalue weighted by molar-refractivity contribution is 7.16. The van der Waals surface area contributed by atoms with Crippen molar-refractivity contribution < 1.29 is 14.3 Å². The van der Waals surface area contributed by atoms with Crippen molar-refractivity contribution in [2.45, 2.75) is 44.9 Å². The molecule has 2 aromatic heterocycles. The summed E-state index contributed by atoms with van der Waals surface area (Å²) in [4.78, 5) is 27.3. The van der Waals surface area contributed by atoms with Crippen LogP contribution in [0.3, 0.4) is 0 Å². The van der Waals surface area contributed by atoms with Gasteiger partial charge in [0, 0.05) is 9.75 Å². The second-order valence-electron chi connectivity index (χ2n) is 6.56. The average molecular weight is 386 g/mol. The molecule has 0 radical (unpaired) electrons. The fourth-order valence-corrected chi connectivity index (χ4v) is 5.97. The molecule has 0 saturated heterocycles. The first-order chi connectivity index (χ1) is 12.7. The molecule has 1 amide bonds. The summed E-state index contributed by atoms with van der Waals surface area (Å²) in [5.41, 5.74) is 2.87. The minimum atomic E-state index is -0.453. The van der Waals surface area contributed by atoms with Gasteiger partial charge >= 0.3 is 5.97 Å². The molecule has 134 valence electrons. The summed E-state index contributed by atoms with van der Waals surface area (Å²) in [7, 11) is 0. The maximum atomic E-state index is 12.2. The second-order valence-corrected chi connectivity index (χ2v) is 8.81. The molecular formula is C19H18N2O3S2. The lowest BCUT2D eigenvalue weighted by Crippen LogP contribution is -2.20. The third-order valence-electron chi connectivity index (χ3n) is 4.82. The summed E-state index contributed by atoms with van der Waals surface area (Å²) in [5.74, 6) is -0.858. The first-order valence-electron chi connectivity index (χ1n) is 8.79. The van der Waals surface area contributed by atoms with Gasteiger partial charge in [-0.3, -0.25) is 4.79 Å². The van der Waals surface area contributed by atoms with E-state index < -0.39 is 11.9 Å². The number of nitriles is 1. The molecule has 0 spiro atoms. The van der Waals surface area contributed by atoms with Gasteiger partial charge in [0.2, 0.25) is 0 Å². The monoisotopic (exact) mass is 386 g/mol. The van der Waals surface area contributed by atoms with Crippen molar-refractivity contribution in [3.05, 3.63) is 37.4 Å². The Morgan fingerprint density at radius 3 is 2.73 bits per heavy atom. The average Bonchev–Trinajstić information content (AvgIpc) is 3.31. The zero-order valence-corrected chi connectivity index (χ0v) is 15.9. The van der Waals surface area contributed by atoms with Gasteiger partial charge in [0.25, 0.3) is 5.91 Å². The van der Waals surface area contributed by atoms with Crippen LogP contribution in [0.2, 0.25) is 0 Å². The van der Waals surface area contributed by atoms with Crippen LogP contribution >= 0.6 is 22.7 Å². The number of esters is 1. The van der Waals surface area contributed by atoms with E-state index in [1.54, 1.807) is 0 Å². The largest absolute Gasteiger partial charge is 0.451 e. The first kappa shape index (κ1) is 17.3. The summed E-state index contributed by atoms with van der Waals surface area (Å²) in [6, 6.07) is 4.09. The number of carbonyl (C=O) groups is 2. The highest BCUT2D eigenvalue weighted by Crippen LogP contribution is 2.37. The predicted molar refractivity (Wildman–Crippen MR) is 101 cm³/mol. The SMILES string of the molecule is N#Cc1c(NC(=O)COC(=O)c2cc3c(s2)CCC3)sc2c1CCCC2. The molecule has 0 atom stereocenters. The van der Waals surface area contributed by atoms with E-state index >= 15 is 0 Å². The molecule has 5 nitrogen and oxygen atoms in total. The standard InChI is InChI=1S/C19H18N2O3S2/c20-9-13-12-5-1-2-6-15(12)26-18(13)21-17(22)10-24-19(23)16-8-11-4-3-7-14(11)25-16/h8H,1-7,10H2,(H,21,22). The molecule has 0 bridgehead atoms. The number of aryl methyl sites for hydroxylation is 3. The Balaban J connectivity index is 1.37. The maximum absolute atomic E-state index is 12.2. The molecule has 7 heteroatoms. The lowest BCUT2D eigenvalue weighted by atomic mass is 9.96. The quantitative estimate of drug-likeness (QED) is 0.810. The molecule has 26 heavy (non-hydrogen) atoms. The Kier molecular flexibility index (Phi) is 4.79. The number of amides is 1. The van der Waals surface area contributed by atoms with E-state index in [9.17, 15) is 14.9 Å². The lowest BCUT2D eigenvalue weighted by Gasteiger charge is -2.09. The molecule has 0 fully saturated rings. The number of thiophene rings is 2. The number of carbonyl (C=O) groups excluding carboxylic acids is 2.